The summed E-state index contributed by atoms with van der Waals surface area (Å²) >= 11 is 7.90. The molecule has 5 nitrogen and oxygen atoms in total. The summed E-state index contributed by atoms with van der Waals surface area (Å²) in [5.74, 6) is 0. The Hall–Kier alpha value is -2.09. The first-order chi connectivity index (χ1) is 12.8. The summed E-state index contributed by atoms with van der Waals surface area (Å²) in [6, 6.07) is 9.01. The highest BCUT2D eigenvalue weighted by Crippen LogP contribution is 2.37. The van der Waals surface area contributed by atoms with E-state index < -0.39 is 10.0 Å². The van der Waals surface area contributed by atoms with Crippen molar-refractivity contribution in [3.8, 4) is 21.6 Å². The largest absolute Gasteiger partial charge is 0.328 e. The normalized spacial score (nSPS) is 11.5. The highest BCUT2D eigenvalue weighted by molar-refractivity contribution is 7.92. The van der Waals surface area contributed by atoms with Crippen molar-refractivity contribution in [3.05, 3.63) is 62.8 Å². The molecule has 1 aromatic carbocycles. The number of hydrogen-bond acceptors (Lipinski definition) is 4. The molecule has 0 fully saturated rings. The van der Waals surface area contributed by atoms with E-state index in [0.29, 0.717) is 10.7 Å². The highest BCUT2D eigenvalue weighted by Gasteiger charge is 2.11. The first kappa shape index (κ1) is 19.7. The predicted molar refractivity (Wildman–Crippen MR) is 113 cm³/mol. The lowest BCUT2D eigenvalue weighted by Crippen LogP contribution is -2.11. The van der Waals surface area contributed by atoms with Gasteiger partial charge in [0.05, 0.1) is 11.3 Å². The molecule has 0 radical (unpaired) electrons. The molecule has 142 valence electrons. The third-order valence-corrected chi connectivity index (χ3v) is 5.85. The monoisotopic (exact) mass is 422 g/mol. The fraction of sp³-hybridized carbons (Fsp3) is 0.211. The van der Waals surface area contributed by atoms with Gasteiger partial charge in [0, 0.05) is 27.9 Å². The van der Waals surface area contributed by atoms with Crippen molar-refractivity contribution < 1.29 is 8.42 Å². The molecule has 0 amide bonds. The number of benzene rings is 1. The molecule has 27 heavy (non-hydrogen) atoms. The van der Waals surface area contributed by atoms with E-state index in [2.05, 4.69) is 9.71 Å². The van der Waals surface area contributed by atoms with Crippen LogP contribution < -0.4 is 10.3 Å². The van der Waals surface area contributed by atoms with Crippen LogP contribution in [0.3, 0.4) is 0 Å². The third kappa shape index (κ3) is 4.80. The molecule has 3 rings (SSSR count). The van der Waals surface area contributed by atoms with Crippen LogP contribution >= 0.6 is 22.9 Å². The number of aromatic nitrogens is 1. The van der Waals surface area contributed by atoms with Crippen LogP contribution in [0.1, 0.15) is 18.9 Å². The molecule has 2 aromatic heterocycles. The molecule has 2 N–H and O–H groups in total. The fourth-order valence-corrected chi connectivity index (χ4v) is 4.63. The van der Waals surface area contributed by atoms with Gasteiger partial charge in [-0.1, -0.05) is 24.9 Å². The van der Waals surface area contributed by atoms with Gasteiger partial charge in [0.15, 0.2) is 0 Å². The second-order valence-electron chi connectivity index (χ2n) is 6.26. The fourth-order valence-electron chi connectivity index (χ4n) is 2.77. The van der Waals surface area contributed by atoms with Crippen molar-refractivity contribution in [3.63, 3.8) is 0 Å². The molecule has 2 heterocycles. The van der Waals surface area contributed by atoms with E-state index in [-0.39, 0.29) is 5.56 Å². The SMILES string of the molecule is CCCc1cc(-c2csc(-c3ccc(NS(C)(=O)=O)cc3Cl)c2)c[nH]c1=O. The minimum atomic E-state index is -3.35. The zero-order chi connectivity index (χ0) is 19.6. The van der Waals surface area contributed by atoms with Gasteiger partial charge in [-0.3, -0.25) is 9.52 Å². The molecule has 0 saturated heterocycles. The summed E-state index contributed by atoms with van der Waals surface area (Å²) < 4.78 is 25.1. The molecular formula is C19H19ClN2O3S2. The Kier molecular flexibility index (Phi) is 5.74. The van der Waals surface area contributed by atoms with Gasteiger partial charge in [-0.25, -0.2) is 8.42 Å². The summed E-state index contributed by atoms with van der Waals surface area (Å²) in [4.78, 5) is 15.6. The number of sulfonamides is 1. The summed E-state index contributed by atoms with van der Waals surface area (Å²) in [5, 5.41) is 2.47. The summed E-state index contributed by atoms with van der Waals surface area (Å²) in [6.45, 7) is 2.04. The van der Waals surface area contributed by atoms with Crippen molar-refractivity contribution in [2.75, 3.05) is 11.0 Å². The van der Waals surface area contributed by atoms with Gasteiger partial charge >= 0.3 is 0 Å². The number of rotatable bonds is 6. The maximum absolute atomic E-state index is 11.9. The lowest BCUT2D eigenvalue weighted by Gasteiger charge is -2.07. The zero-order valence-electron chi connectivity index (χ0n) is 14.9. The minimum Gasteiger partial charge on any atom is -0.328 e. The summed E-state index contributed by atoms with van der Waals surface area (Å²) in [5.41, 5.74) is 3.92. The van der Waals surface area contributed by atoms with Crippen molar-refractivity contribution in [1.82, 2.24) is 4.98 Å². The maximum Gasteiger partial charge on any atom is 0.251 e. The lowest BCUT2D eigenvalue weighted by molar-refractivity contribution is 0.607. The number of pyridine rings is 1. The van der Waals surface area contributed by atoms with Crippen LogP contribution in [-0.4, -0.2) is 19.7 Å². The van der Waals surface area contributed by atoms with E-state index in [0.717, 1.165) is 46.2 Å². The van der Waals surface area contributed by atoms with E-state index >= 15 is 0 Å². The number of halogens is 1. The number of hydrogen-bond donors (Lipinski definition) is 2. The van der Waals surface area contributed by atoms with Crippen LogP contribution in [0.15, 0.2) is 46.7 Å². The van der Waals surface area contributed by atoms with E-state index in [9.17, 15) is 13.2 Å². The second kappa shape index (κ2) is 7.88. The molecule has 0 saturated carbocycles. The first-order valence-corrected chi connectivity index (χ1v) is 11.5. The molecule has 0 unspecified atom stereocenters. The van der Waals surface area contributed by atoms with Crippen molar-refractivity contribution in [2.45, 2.75) is 19.8 Å². The van der Waals surface area contributed by atoms with Crippen LogP contribution in [0.4, 0.5) is 5.69 Å². The van der Waals surface area contributed by atoms with Gasteiger partial charge in [-0.05, 0) is 53.3 Å². The van der Waals surface area contributed by atoms with E-state index in [1.54, 1.807) is 24.4 Å². The number of aromatic amines is 1. The maximum atomic E-state index is 11.9. The molecule has 0 aliphatic carbocycles. The molecule has 0 atom stereocenters. The standard InChI is InChI=1S/C19H19ClN2O3S2/c1-3-4-12-7-13(10-21-19(12)23)14-8-18(26-11-14)16-6-5-15(9-17(16)20)22-27(2,24)25/h5-11,22H,3-4H2,1-2H3,(H,21,23). The third-order valence-electron chi connectivity index (χ3n) is 3.97. The zero-order valence-corrected chi connectivity index (χ0v) is 17.3. The molecule has 0 aliphatic rings. The predicted octanol–water partition coefficient (Wildman–Crippen LogP) is 4.75. The minimum absolute atomic E-state index is 0.0481. The Labute approximate surface area is 167 Å². The van der Waals surface area contributed by atoms with Gasteiger partial charge in [0.25, 0.3) is 5.56 Å². The van der Waals surface area contributed by atoms with Gasteiger partial charge < -0.3 is 4.98 Å². The van der Waals surface area contributed by atoms with E-state index in [1.165, 1.54) is 11.3 Å². The van der Waals surface area contributed by atoms with Crippen molar-refractivity contribution >= 4 is 38.6 Å². The van der Waals surface area contributed by atoms with Gasteiger partial charge in [-0.15, -0.1) is 11.3 Å². The summed E-state index contributed by atoms with van der Waals surface area (Å²) in [6.07, 6.45) is 4.46. The van der Waals surface area contributed by atoms with Crippen LogP contribution in [-0.2, 0) is 16.4 Å². The number of nitrogens with one attached hydrogen (secondary N) is 2. The number of thiophene rings is 1. The van der Waals surface area contributed by atoms with Gasteiger partial charge in [0.1, 0.15) is 0 Å². The van der Waals surface area contributed by atoms with E-state index in [4.69, 9.17) is 11.6 Å². The van der Waals surface area contributed by atoms with E-state index in [1.807, 2.05) is 24.4 Å². The molecule has 0 bridgehead atoms. The van der Waals surface area contributed by atoms with Crippen LogP contribution in [0.5, 0.6) is 0 Å². The molecule has 8 heteroatoms. The Morgan fingerprint density at radius 2 is 1.96 bits per heavy atom. The Morgan fingerprint density at radius 3 is 2.63 bits per heavy atom. The lowest BCUT2D eigenvalue weighted by atomic mass is 10.1. The second-order valence-corrected chi connectivity index (χ2v) is 9.33. The van der Waals surface area contributed by atoms with Crippen LogP contribution in [0.2, 0.25) is 5.02 Å². The smallest absolute Gasteiger partial charge is 0.251 e. The summed E-state index contributed by atoms with van der Waals surface area (Å²) in [7, 11) is -3.35. The molecular weight excluding hydrogens is 404 g/mol. The number of aryl methyl sites for hydroxylation is 1. The number of H-pyrrole nitrogens is 1. The topological polar surface area (TPSA) is 79.0 Å². The van der Waals surface area contributed by atoms with Crippen LogP contribution in [0, 0.1) is 0 Å². The molecule has 3 aromatic rings. The average Bonchev–Trinajstić information content (AvgIpc) is 3.05. The van der Waals surface area contributed by atoms with Crippen LogP contribution in [0.25, 0.3) is 21.6 Å². The molecule has 0 spiro atoms. The highest BCUT2D eigenvalue weighted by atomic mass is 35.5. The van der Waals surface area contributed by atoms with Gasteiger partial charge in [0.2, 0.25) is 10.0 Å². The van der Waals surface area contributed by atoms with Gasteiger partial charge in [-0.2, -0.15) is 0 Å². The quantitative estimate of drug-likeness (QED) is 0.601. The first-order valence-electron chi connectivity index (χ1n) is 8.35. The average molecular weight is 423 g/mol. The van der Waals surface area contributed by atoms with Crippen molar-refractivity contribution in [1.29, 1.82) is 0 Å². The Morgan fingerprint density at radius 1 is 1.19 bits per heavy atom. The molecule has 0 aliphatic heterocycles. The Balaban J connectivity index is 1.92. The number of anilines is 1. The van der Waals surface area contributed by atoms with Crippen molar-refractivity contribution in [2.24, 2.45) is 0 Å². The Bertz CT molecular complexity index is 1130.